The minimum atomic E-state index is 0.0325. The third-order valence-corrected chi connectivity index (χ3v) is 7.10. The lowest BCUT2D eigenvalue weighted by Gasteiger charge is -2.38. The molecule has 0 radical (unpaired) electrons. The Bertz CT molecular complexity index is 1130. The van der Waals surface area contributed by atoms with Gasteiger partial charge < -0.3 is 9.80 Å². The summed E-state index contributed by atoms with van der Waals surface area (Å²) in [5.74, 6) is 0.872. The maximum Gasteiger partial charge on any atom is 0.261 e. The zero-order chi connectivity index (χ0) is 21.9. The molecule has 2 fully saturated rings. The van der Waals surface area contributed by atoms with Crippen molar-refractivity contribution in [2.75, 3.05) is 31.1 Å². The third-order valence-electron chi connectivity index (χ3n) is 7.10. The van der Waals surface area contributed by atoms with E-state index in [4.69, 9.17) is 0 Å². The van der Waals surface area contributed by atoms with E-state index in [-0.39, 0.29) is 11.5 Å². The van der Waals surface area contributed by atoms with Gasteiger partial charge in [-0.15, -0.1) is 0 Å². The minimum Gasteiger partial charge on any atom is -0.368 e. The molecule has 0 bridgehead atoms. The van der Waals surface area contributed by atoms with Crippen molar-refractivity contribution in [3.05, 3.63) is 71.3 Å². The van der Waals surface area contributed by atoms with Gasteiger partial charge in [0, 0.05) is 44.3 Å². The molecule has 1 saturated heterocycles. The van der Waals surface area contributed by atoms with Gasteiger partial charge in [0.25, 0.3) is 5.56 Å². The van der Waals surface area contributed by atoms with Gasteiger partial charge in [0.05, 0.1) is 17.2 Å². The van der Waals surface area contributed by atoms with Crippen molar-refractivity contribution in [3.63, 3.8) is 0 Å². The van der Waals surface area contributed by atoms with E-state index in [2.05, 4.69) is 39.0 Å². The number of hydrogen-bond donors (Lipinski definition) is 0. The topological polar surface area (TPSA) is 58.4 Å². The van der Waals surface area contributed by atoms with E-state index in [0.717, 1.165) is 57.4 Å². The zero-order valence-electron chi connectivity index (χ0n) is 18.4. The van der Waals surface area contributed by atoms with Gasteiger partial charge in [0.2, 0.25) is 5.91 Å². The SMILES string of the molecule is O=C(C1CCC(Cn2cnc3ccccc3c2=O)CC1)N1CCN(c2ccccc2)CC1. The van der Waals surface area contributed by atoms with Crippen molar-refractivity contribution < 1.29 is 4.79 Å². The lowest BCUT2D eigenvalue weighted by molar-refractivity contribution is -0.137. The van der Waals surface area contributed by atoms with Crippen LogP contribution in [0.3, 0.4) is 0 Å². The summed E-state index contributed by atoms with van der Waals surface area (Å²) in [5.41, 5.74) is 2.01. The number of anilines is 1. The van der Waals surface area contributed by atoms with Crippen molar-refractivity contribution >= 4 is 22.5 Å². The maximum atomic E-state index is 13.1. The molecule has 6 nitrogen and oxygen atoms in total. The van der Waals surface area contributed by atoms with Crippen LogP contribution in [0, 0.1) is 11.8 Å². The average molecular weight is 431 g/mol. The zero-order valence-corrected chi connectivity index (χ0v) is 18.4. The highest BCUT2D eigenvalue weighted by Crippen LogP contribution is 2.31. The summed E-state index contributed by atoms with van der Waals surface area (Å²) in [4.78, 5) is 34.7. The van der Waals surface area contributed by atoms with Crippen molar-refractivity contribution in [1.29, 1.82) is 0 Å². The molecule has 2 aliphatic rings. The van der Waals surface area contributed by atoms with Gasteiger partial charge in [0.15, 0.2) is 0 Å². The number of carbonyl (C=O) groups excluding carboxylic acids is 1. The van der Waals surface area contributed by atoms with Gasteiger partial charge >= 0.3 is 0 Å². The predicted octanol–water partition coefficient (Wildman–Crippen LogP) is 3.55. The largest absolute Gasteiger partial charge is 0.368 e. The standard InChI is InChI=1S/C26H30N4O2/c31-25(29-16-14-28(15-17-29)22-6-2-1-3-7-22)21-12-10-20(11-13-21)18-30-19-27-24-9-5-4-8-23(24)26(30)32/h1-9,19-21H,10-18H2. The molecule has 1 saturated carbocycles. The fourth-order valence-corrected chi connectivity index (χ4v) is 5.19. The number of amides is 1. The van der Waals surface area contributed by atoms with Crippen LogP contribution >= 0.6 is 0 Å². The maximum absolute atomic E-state index is 13.1. The molecule has 2 heterocycles. The lowest BCUT2D eigenvalue weighted by Crippen LogP contribution is -2.50. The van der Waals surface area contributed by atoms with Gasteiger partial charge in [-0.2, -0.15) is 0 Å². The number of rotatable bonds is 4. The molecule has 32 heavy (non-hydrogen) atoms. The summed E-state index contributed by atoms with van der Waals surface area (Å²) in [5, 5.41) is 0.675. The van der Waals surface area contributed by atoms with E-state index in [1.54, 1.807) is 10.9 Å². The van der Waals surface area contributed by atoms with Crippen molar-refractivity contribution in [1.82, 2.24) is 14.5 Å². The van der Waals surface area contributed by atoms with Crippen LogP contribution in [0.2, 0.25) is 0 Å². The van der Waals surface area contributed by atoms with E-state index >= 15 is 0 Å². The Kier molecular flexibility index (Phi) is 5.93. The summed E-state index contributed by atoms with van der Waals surface area (Å²) in [7, 11) is 0. The average Bonchev–Trinajstić information content (AvgIpc) is 2.86. The second-order valence-electron chi connectivity index (χ2n) is 9.08. The molecular weight excluding hydrogens is 400 g/mol. The van der Waals surface area contributed by atoms with Crippen LogP contribution < -0.4 is 10.5 Å². The number of fused-ring (bicyclic) bond motifs is 1. The normalized spacial score (nSPS) is 21.6. The molecule has 0 atom stereocenters. The highest BCUT2D eigenvalue weighted by atomic mass is 16.2. The number of hydrogen-bond acceptors (Lipinski definition) is 4. The van der Waals surface area contributed by atoms with Gasteiger partial charge in [-0.05, 0) is 55.9 Å². The molecule has 1 aromatic heterocycles. The Morgan fingerprint density at radius 1 is 0.875 bits per heavy atom. The van der Waals surface area contributed by atoms with Gasteiger partial charge in [-0.3, -0.25) is 14.2 Å². The molecule has 166 valence electrons. The fourth-order valence-electron chi connectivity index (χ4n) is 5.19. The number of aromatic nitrogens is 2. The molecule has 6 heteroatoms. The van der Waals surface area contributed by atoms with E-state index in [1.165, 1.54) is 5.69 Å². The third kappa shape index (κ3) is 4.27. The Morgan fingerprint density at radius 3 is 2.31 bits per heavy atom. The summed E-state index contributed by atoms with van der Waals surface area (Å²) in [6, 6.07) is 17.9. The number of piperazine rings is 1. The molecule has 5 rings (SSSR count). The fraction of sp³-hybridized carbons (Fsp3) is 0.423. The summed E-state index contributed by atoms with van der Waals surface area (Å²) in [6.45, 7) is 4.07. The Labute approximate surface area is 188 Å². The highest BCUT2D eigenvalue weighted by molar-refractivity contribution is 5.79. The molecule has 1 amide bonds. The molecule has 1 aliphatic carbocycles. The van der Waals surface area contributed by atoms with E-state index < -0.39 is 0 Å². The Hall–Kier alpha value is -3.15. The number of para-hydroxylation sites is 2. The van der Waals surface area contributed by atoms with Crippen LogP contribution in [-0.4, -0.2) is 46.5 Å². The van der Waals surface area contributed by atoms with E-state index in [0.29, 0.717) is 23.8 Å². The Morgan fingerprint density at radius 2 is 1.56 bits per heavy atom. The molecule has 3 aromatic rings. The van der Waals surface area contributed by atoms with Crippen LogP contribution in [0.4, 0.5) is 5.69 Å². The predicted molar refractivity (Wildman–Crippen MR) is 127 cm³/mol. The minimum absolute atomic E-state index is 0.0325. The first-order chi connectivity index (χ1) is 15.7. The summed E-state index contributed by atoms with van der Waals surface area (Å²) in [6.07, 6.45) is 5.48. The molecule has 2 aromatic carbocycles. The number of benzene rings is 2. The first kappa shape index (κ1) is 20.7. The van der Waals surface area contributed by atoms with Gasteiger partial charge in [0.1, 0.15) is 0 Å². The summed E-state index contributed by atoms with van der Waals surface area (Å²) < 4.78 is 1.75. The van der Waals surface area contributed by atoms with Crippen LogP contribution in [0.25, 0.3) is 10.9 Å². The molecule has 0 N–H and O–H groups in total. The van der Waals surface area contributed by atoms with Crippen LogP contribution in [0.15, 0.2) is 65.7 Å². The smallest absolute Gasteiger partial charge is 0.261 e. The van der Waals surface area contributed by atoms with Crippen LogP contribution in [-0.2, 0) is 11.3 Å². The van der Waals surface area contributed by atoms with Crippen LogP contribution in [0.5, 0.6) is 0 Å². The van der Waals surface area contributed by atoms with Gasteiger partial charge in [-0.25, -0.2) is 4.98 Å². The molecule has 0 unspecified atom stereocenters. The Balaban J connectivity index is 1.14. The first-order valence-corrected chi connectivity index (χ1v) is 11.7. The quantitative estimate of drug-likeness (QED) is 0.635. The van der Waals surface area contributed by atoms with Crippen molar-refractivity contribution in [2.24, 2.45) is 11.8 Å². The van der Waals surface area contributed by atoms with Crippen molar-refractivity contribution in [3.8, 4) is 0 Å². The second-order valence-corrected chi connectivity index (χ2v) is 9.08. The summed E-state index contributed by atoms with van der Waals surface area (Å²) >= 11 is 0. The van der Waals surface area contributed by atoms with Crippen molar-refractivity contribution in [2.45, 2.75) is 32.2 Å². The number of nitrogens with zero attached hydrogens (tertiary/aromatic N) is 4. The monoisotopic (exact) mass is 430 g/mol. The molecule has 0 spiro atoms. The highest BCUT2D eigenvalue weighted by Gasteiger charge is 2.31. The lowest BCUT2D eigenvalue weighted by atomic mass is 9.81. The second kappa shape index (κ2) is 9.15. The van der Waals surface area contributed by atoms with Gasteiger partial charge in [-0.1, -0.05) is 30.3 Å². The number of carbonyl (C=O) groups is 1. The van der Waals surface area contributed by atoms with Crippen LogP contribution in [0.1, 0.15) is 25.7 Å². The molecular formula is C26H30N4O2. The first-order valence-electron chi connectivity index (χ1n) is 11.7. The van der Waals surface area contributed by atoms with E-state index in [9.17, 15) is 9.59 Å². The van der Waals surface area contributed by atoms with E-state index in [1.807, 2.05) is 30.3 Å². The molecule has 1 aliphatic heterocycles.